The van der Waals surface area contributed by atoms with E-state index in [2.05, 4.69) is 16.3 Å². The van der Waals surface area contributed by atoms with Crippen LogP contribution in [-0.4, -0.2) is 14.8 Å². The van der Waals surface area contributed by atoms with Gasteiger partial charge in [0.1, 0.15) is 12.1 Å². The Morgan fingerprint density at radius 2 is 2.27 bits per heavy atom. The van der Waals surface area contributed by atoms with Gasteiger partial charge in [-0.25, -0.2) is 0 Å². The number of ether oxygens (including phenoxy) is 1. The van der Waals surface area contributed by atoms with E-state index in [9.17, 15) is 0 Å². The van der Waals surface area contributed by atoms with E-state index in [1.54, 1.807) is 6.33 Å². The fourth-order valence-corrected chi connectivity index (χ4v) is 1.91. The highest BCUT2D eigenvalue weighted by Crippen LogP contribution is 2.35. The number of nitrogens with zero attached hydrogens (tertiary/aromatic N) is 3. The Hall–Kier alpha value is -1.84. The molecule has 0 radical (unpaired) electrons. The minimum atomic E-state index is 0.00917. The van der Waals surface area contributed by atoms with Crippen molar-refractivity contribution in [3.8, 4) is 5.75 Å². The molecule has 1 unspecified atom stereocenters. The smallest absolute Gasteiger partial charge is 0.174 e. The Balaban J connectivity index is 1.94. The van der Waals surface area contributed by atoms with Gasteiger partial charge in [-0.05, 0) is 11.6 Å². The van der Waals surface area contributed by atoms with Crippen molar-refractivity contribution in [2.24, 2.45) is 7.05 Å². The first-order valence-electron chi connectivity index (χ1n) is 4.93. The second kappa shape index (κ2) is 3.08. The highest BCUT2D eigenvalue weighted by molar-refractivity contribution is 5.37. The molecule has 0 saturated carbocycles. The topological polar surface area (TPSA) is 39.9 Å². The van der Waals surface area contributed by atoms with Crippen molar-refractivity contribution in [3.05, 3.63) is 42.0 Å². The van der Waals surface area contributed by atoms with Crippen LogP contribution in [0.25, 0.3) is 0 Å². The SMILES string of the molecule is Cn1cnnc1C1Cc2ccccc2O1. The van der Waals surface area contributed by atoms with Gasteiger partial charge in [-0.15, -0.1) is 10.2 Å². The summed E-state index contributed by atoms with van der Waals surface area (Å²) in [5, 5.41) is 7.93. The second-order valence-electron chi connectivity index (χ2n) is 3.72. The fourth-order valence-electron chi connectivity index (χ4n) is 1.91. The Bertz CT molecular complexity index is 467. The molecule has 15 heavy (non-hydrogen) atoms. The van der Waals surface area contributed by atoms with E-state index in [0.29, 0.717) is 0 Å². The van der Waals surface area contributed by atoms with E-state index < -0.39 is 0 Å². The molecule has 4 nitrogen and oxygen atoms in total. The summed E-state index contributed by atoms with van der Waals surface area (Å²) in [4.78, 5) is 0. The number of hydrogen-bond donors (Lipinski definition) is 0. The number of fused-ring (bicyclic) bond motifs is 1. The van der Waals surface area contributed by atoms with Crippen LogP contribution in [-0.2, 0) is 13.5 Å². The van der Waals surface area contributed by atoms with Crippen LogP contribution < -0.4 is 4.74 Å². The zero-order valence-corrected chi connectivity index (χ0v) is 8.42. The van der Waals surface area contributed by atoms with Gasteiger partial charge in [0, 0.05) is 13.5 Å². The summed E-state index contributed by atoms with van der Waals surface area (Å²) in [6.07, 6.45) is 2.58. The molecule has 0 amide bonds. The molecule has 1 atom stereocenters. The molecular formula is C11H11N3O. The third-order valence-electron chi connectivity index (χ3n) is 2.68. The fraction of sp³-hybridized carbons (Fsp3) is 0.273. The maximum Gasteiger partial charge on any atom is 0.174 e. The maximum atomic E-state index is 5.81. The predicted molar refractivity (Wildman–Crippen MR) is 54.5 cm³/mol. The standard InChI is InChI=1S/C11H11N3O/c1-14-7-12-13-11(14)10-6-8-4-2-3-5-9(8)15-10/h2-5,7,10H,6H2,1H3. The summed E-state index contributed by atoms with van der Waals surface area (Å²) >= 11 is 0. The van der Waals surface area contributed by atoms with Gasteiger partial charge < -0.3 is 9.30 Å². The Labute approximate surface area is 87.5 Å². The maximum absolute atomic E-state index is 5.81. The molecule has 0 bridgehead atoms. The molecule has 2 aromatic rings. The normalized spacial score (nSPS) is 18.6. The lowest BCUT2D eigenvalue weighted by atomic mass is 10.1. The molecule has 1 aromatic carbocycles. The summed E-state index contributed by atoms with van der Waals surface area (Å²) < 4.78 is 7.71. The average Bonchev–Trinajstić information content (AvgIpc) is 2.82. The van der Waals surface area contributed by atoms with E-state index >= 15 is 0 Å². The van der Waals surface area contributed by atoms with Crippen LogP contribution in [0.4, 0.5) is 0 Å². The molecule has 76 valence electrons. The zero-order valence-electron chi connectivity index (χ0n) is 8.42. The Morgan fingerprint density at radius 1 is 1.40 bits per heavy atom. The Kier molecular flexibility index (Phi) is 1.74. The van der Waals surface area contributed by atoms with Crippen LogP contribution in [0.3, 0.4) is 0 Å². The number of hydrogen-bond acceptors (Lipinski definition) is 3. The van der Waals surface area contributed by atoms with E-state index in [1.165, 1.54) is 5.56 Å². The van der Waals surface area contributed by atoms with Gasteiger partial charge in [0.2, 0.25) is 0 Å². The molecule has 0 fully saturated rings. The lowest BCUT2D eigenvalue weighted by molar-refractivity contribution is 0.223. The number of rotatable bonds is 1. The van der Waals surface area contributed by atoms with Gasteiger partial charge in [0.05, 0.1) is 0 Å². The number of para-hydroxylation sites is 1. The van der Waals surface area contributed by atoms with E-state index in [4.69, 9.17) is 4.74 Å². The first kappa shape index (κ1) is 8.47. The molecule has 0 N–H and O–H groups in total. The van der Waals surface area contributed by atoms with Gasteiger partial charge in [-0.3, -0.25) is 0 Å². The van der Waals surface area contributed by atoms with Crippen molar-refractivity contribution >= 4 is 0 Å². The molecule has 1 aliphatic rings. The third kappa shape index (κ3) is 1.29. The van der Waals surface area contributed by atoms with Gasteiger partial charge in [-0.1, -0.05) is 18.2 Å². The van der Waals surface area contributed by atoms with E-state index in [-0.39, 0.29) is 6.10 Å². The summed E-state index contributed by atoms with van der Waals surface area (Å²) in [5.74, 6) is 1.84. The minimum absolute atomic E-state index is 0.00917. The second-order valence-corrected chi connectivity index (χ2v) is 3.72. The lowest BCUT2D eigenvalue weighted by Gasteiger charge is -2.08. The molecule has 0 spiro atoms. The minimum Gasteiger partial charge on any atom is -0.482 e. The average molecular weight is 201 g/mol. The third-order valence-corrected chi connectivity index (χ3v) is 2.68. The number of aryl methyl sites for hydroxylation is 1. The van der Waals surface area contributed by atoms with Crippen LogP contribution in [0, 0.1) is 0 Å². The van der Waals surface area contributed by atoms with Crippen LogP contribution in [0.5, 0.6) is 5.75 Å². The molecule has 0 saturated heterocycles. The van der Waals surface area contributed by atoms with Crippen molar-refractivity contribution in [1.82, 2.24) is 14.8 Å². The predicted octanol–water partition coefficient (Wildman–Crippen LogP) is 1.49. The van der Waals surface area contributed by atoms with Gasteiger partial charge >= 0.3 is 0 Å². The number of benzene rings is 1. The van der Waals surface area contributed by atoms with Crippen molar-refractivity contribution < 1.29 is 4.74 Å². The molecular weight excluding hydrogens is 190 g/mol. The van der Waals surface area contributed by atoms with Crippen LogP contribution >= 0.6 is 0 Å². The quantitative estimate of drug-likeness (QED) is 0.701. The summed E-state index contributed by atoms with van der Waals surface area (Å²) in [6, 6.07) is 8.09. The molecule has 0 aliphatic carbocycles. The lowest BCUT2D eigenvalue weighted by Crippen LogP contribution is -2.09. The molecule has 1 aliphatic heterocycles. The van der Waals surface area contributed by atoms with Crippen LogP contribution in [0.15, 0.2) is 30.6 Å². The number of aromatic nitrogens is 3. The largest absolute Gasteiger partial charge is 0.482 e. The zero-order chi connectivity index (χ0) is 10.3. The van der Waals surface area contributed by atoms with E-state index in [1.807, 2.05) is 29.8 Å². The summed E-state index contributed by atoms with van der Waals surface area (Å²) in [6.45, 7) is 0. The highest BCUT2D eigenvalue weighted by Gasteiger charge is 2.27. The monoisotopic (exact) mass is 201 g/mol. The van der Waals surface area contributed by atoms with E-state index in [0.717, 1.165) is 18.0 Å². The van der Waals surface area contributed by atoms with Crippen molar-refractivity contribution in [1.29, 1.82) is 0 Å². The molecule has 2 heterocycles. The van der Waals surface area contributed by atoms with Crippen molar-refractivity contribution in [3.63, 3.8) is 0 Å². The van der Waals surface area contributed by atoms with Gasteiger partial charge in [-0.2, -0.15) is 0 Å². The molecule has 3 rings (SSSR count). The van der Waals surface area contributed by atoms with Crippen molar-refractivity contribution in [2.45, 2.75) is 12.5 Å². The van der Waals surface area contributed by atoms with Gasteiger partial charge in [0.15, 0.2) is 11.9 Å². The molecule has 4 heteroatoms. The first-order valence-corrected chi connectivity index (χ1v) is 4.93. The highest BCUT2D eigenvalue weighted by atomic mass is 16.5. The van der Waals surface area contributed by atoms with Crippen LogP contribution in [0.1, 0.15) is 17.5 Å². The summed E-state index contributed by atoms with van der Waals surface area (Å²) in [7, 11) is 1.93. The van der Waals surface area contributed by atoms with Crippen molar-refractivity contribution in [2.75, 3.05) is 0 Å². The first-order chi connectivity index (χ1) is 7.34. The Morgan fingerprint density at radius 3 is 3.00 bits per heavy atom. The molecule has 1 aromatic heterocycles. The van der Waals surface area contributed by atoms with Gasteiger partial charge in [0.25, 0.3) is 0 Å². The van der Waals surface area contributed by atoms with Crippen LogP contribution in [0.2, 0.25) is 0 Å². The summed E-state index contributed by atoms with van der Waals surface area (Å²) in [5.41, 5.74) is 1.24.